The maximum Gasteiger partial charge on any atom is 0.243 e. The van der Waals surface area contributed by atoms with Crippen molar-refractivity contribution in [2.24, 2.45) is 5.92 Å². The molecule has 1 aliphatic carbocycles. The highest BCUT2D eigenvalue weighted by molar-refractivity contribution is 7.99. The Labute approximate surface area is 125 Å². The van der Waals surface area contributed by atoms with Gasteiger partial charge in [0.05, 0.1) is 11.8 Å². The molecule has 1 saturated carbocycles. The molecule has 3 atom stereocenters. The number of rotatable bonds is 4. The van der Waals surface area contributed by atoms with Crippen molar-refractivity contribution in [1.82, 2.24) is 15.5 Å². The monoisotopic (exact) mass is 295 g/mol. The third-order valence-electron chi connectivity index (χ3n) is 4.48. The maximum absolute atomic E-state index is 5.48. The molecule has 0 amide bonds. The minimum Gasteiger partial charge on any atom is -0.338 e. The highest BCUT2D eigenvalue weighted by Gasteiger charge is 2.34. The third kappa shape index (κ3) is 3.37. The molecule has 112 valence electrons. The molecule has 0 aromatic carbocycles. The summed E-state index contributed by atoms with van der Waals surface area (Å²) in [5.41, 5.74) is 0. The van der Waals surface area contributed by atoms with E-state index in [4.69, 9.17) is 4.52 Å². The fraction of sp³-hybridized carbons (Fsp3) is 0.867. The van der Waals surface area contributed by atoms with E-state index in [1.54, 1.807) is 0 Å². The molecule has 0 spiro atoms. The zero-order valence-corrected chi connectivity index (χ0v) is 13.3. The van der Waals surface area contributed by atoms with Crippen LogP contribution < -0.4 is 5.32 Å². The molecule has 4 nitrogen and oxygen atoms in total. The van der Waals surface area contributed by atoms with Gasteiger partial charge in [0.1, 0.15) is 0 Å². The summed E-state index contributed by atoms with van der Waals surface area (Å²) in [7, 11) is 0. The topological polar surface area (TPSA) is 51.0 Å². The second-order valence-corrected chi connectivity index (χ2v) is 7.92. The van der Waals surface area contributed by atoms with E-state index in [9.17, 15) is 0 Å². The van der Waals surface area contributed by atoms with E-state index in [0.717, 1.165) is 29.8 Å². The number of hydrogen-bond acceptors (Lipinski definition) is 5. The number of fused-ring (bicyclic) bond motifs is 1. The fourth-order valence-corrected chi connectivity index (χ4v) is 4.00. The molecule has 2 heterocycles. The normalized spacial score (nSPS) is 30.4. The van der Waals surface area contributed by atoms with Gasteiger partial charge in [-0.15, -0.1) is 0 Å². The van der Waals surface area contributed by atoms with Crippen molar-refractivity contribution in [1.29, 1.82) is 0 Å². The Kier molecular flexibility index (Phi) is 4.66. The molecule has 1 aromatic heterocycles. The summed E-state index contributed by atoms with van der Waals surface area (Å²) in [6, 6.07) is 0.947. The summed E-state index contributed by atoms with van der Waals surface area (Å²) in [5.74, 6) is 3.36. The van der Waals surface area contributed by atoms with Crippen LogP contribution in [0.3, 0.4) is 0 Å². The number of thioether (sulfide) groups is 1. The molecule has 0 radical (unpaired) electrons. The van der Waals surface area contributed by atoms with E-state index in [-0.39, 0.29) is 6.04 Å². The molecular weight excluding hydrogens is 270 g/mol. The molecule has 3 unspecified atom stereocenters. The second kappa shape index (κ2) is 6.48. The van der Waals surface area contributed by atoms with E-state index in [1.807, 2.05) is 11.8 Å². The van der Waals surface area contributed by atoms with Crippen molar-refractivity contribution in [2.45, 2.75) is 75.5 Å². The van der Waals surface area contributed by atoms with Crippen LogP contribution in [0, 0.1) is 5.92 Å². The van der Waals surface area contributed by atoms with Crippen LogP contribution in [-0.4, -0.2) is 21.4 Å². The Morgan fingerprint density at radius 1 is 1.25 bits per heavy atom. The Morgan fingerprint density at radius 3 is 2.95 bits per heavy atom. The van der Waals surface area contributed by atoms with Crippen molar-refractivity contribution in [2.75, 3.05) is 0 Å². The van der Waals surface area contributed by atoms with E-state index >= 15 is 0 Å². The van der Waals surface area contributed by atoms with Crippen LogP contribution >= 0.6 is 11.8 Å². The minimum atomic E-state index is 0.277. The predicted octanol–water partition coefficient (Wildman–Crippen LogP) is 3.69. The summed E-state index contributed by atoms with van der Waals surface area (Å²) in [4.78, 5) is 4.58. The summed E-state index contributed by atoms with van der Waals surface area (Å²) >= 11 is 1.86. The van der Waals surface area contributed by atoms with Gasteiger partial charge in [-0.1, -0.05) is 31.8 Å². The predicted molar refractivity (Wildman–Crippen MR) is 81.6 cm³/mol. The highest BCUT2D eigenvalue weighted by Crippen LogP contribution is 2.36. The lowest BCUT2D eigenvalue weighted by Gasteiger charge is -2.39. The number of aromatic nitrogens is 2. The average Bonchev–Trinajstić information content (AvgIpc) is 2.93. The van der Waals surface area contributed by atoms with E-state index in [1.165, 1.54) is 32.1 Å². The lowest BCUT2D eigenvalue weighted by Crippen LogP contribution is -2.44. The molecule has 1 saturated heterocycles. The van der Waals surface area contributed by atoms with Crippen LogP contribution in [0.4, 0.5) is 0 Å². The zero-order valence-electron chi connectivity index (χ0n) is 12.5. The first-order valence-electron chi connectivity index (χ1n) is 7.92. The van der Waals surface area contributed by atoms with Crippen molar-refractivity contribution < 1.29 is 4.52 Å². The molecule has 20 heavy (non-hydrogen) atoms. The van der Waals surface area contributed by atoms with Gasteiger partial charge < -0.3 is 9.84 Å². The maximum atomic E-state index is 5.48. The Balaban J connectivity index is 1.59. The van der Waals surface area contributed by atoms with E-state index in [0.29, 0.717) is 11.3 Å². The van der Waals surface area contributed by atoms with Crippen LogP contribution in [0.15, 0.2) is 4.52 Å². The molecule has 2 aliphatic rings. The van der Waals surface area contributed by atoms with Gasteiger partial charge >= 0.3 is 0 Å². The van der Waals surface area contributed by atoms with Crippen molar-refractivity contribution in [3.63, 3.8) is 0 Å². The molecule has 1 N–H and O–H groups in total. The standard InChI is InChI=1S/C15H25N3OS/c1-10(2)20-9-14-17-15(19-18-14)13-8-7-11-5-3-4-6-12(11)16-13/h10-13,16H,3-9H2,1-2H3. The smallest absolute Gasteiger partial charge is 0.243 e. The van der Waals surface area contributed by atoms with Crippen LogP contribution in [0.2, 0.25) is 0 Å². The molecule has 1 aliphatic heterocycles. The first kappa shape index (κ1) is 14.4. The highest BCUT2D eigenvalue weighted by atomic mass is 32.2. The number of hydrogen-bond donors (Lipinski definition) is 1. The number of nitrogens with one attached hydrogen (secondary N) is 1. The Hall–Kier alpha value is -0.550. The van der Waals surface area contributed by atoms with Gasteiger partial charge in [0, 0.05) is 6.04 Å². The second-order valence-electron chi connectivity index (χ2n) is 6.36. The molecule has 3 rings (SSSR count). The summed E-state index contributed by atoms with van der Waals surface area (Å²) < 4.78 is 5.48. The van der Waals surface area contributed by atoms with Crippen LogP contribution in [0.5, 0.6) is 0 Å². The quantitative estimate of drug-likeness (QED) is 0.918. The lowest BCUT2D eigenvalue weighted by atomic mass is 9.78. The van der Waals surface area contributed by atoms with Crippen molar-refractivity contribution in [3.8, 4) is 0 Å². The van der Waals surface area contributed by atoms with Crippen molar-refractivity contribution >= 4 is 11.8 Å². The largest absolute Gasteiger partial charge is 0.338 e. The van der Waals surface area contributed by atoms with Gasteiger partial charge in [-0.25, -0.2) is 0 Å². The van der Waals surface area contributed by atoms with Crippen LogP contribution in [-0.2, 0) is 5.75 Å². The summed E-state index contributed by atoms with van der Waals surface area (Å²) in [6.45, 7) is 4.38. The third-order valence-corrected chi connectivity index (χ3v) is 5.57. The molecule has 2 fully saturated rings. The zero-order chi connectivity index (χ0) is 13.9. The Morgan fingerprint density at radius 2 is 2.10 bits per heavy atom. The Bertz CT molecular complexity index is 435. The van der Waals surface area contributed by atoms with Crippen molar-refractivity contribution in [3.05, 3.63) is 11.7 Å². The van der Waals surface area contributed by atoms with Gasteiger partial charge in [0.15, 0.2) is 5.82 Å². The summed E-state index contributed by atoms with van der Waals surface area (Å²) in [6.07, 6.45) is 7.92. The van der Waals surface area contributed by atoms with Gasteiger partial charge in [0.25, 0.3) is 0 Å². The van der Waals surface area contributed by atoms with Gasteiger partial charge in [-0.2, -0.15) is 16.7 Å². The van der Waals surface area contributed by atoms with Gasteiger partial charge in [0.2, 0.25) is 5.89 Å². The fourth-order valence-electron chi connectivity index (χ4n) is 3.40. The first-order valence-corrected chi connectivity index (χ1v) is 8.97. The van der Waals surface area contributed by atoms with E-state index < -0.39 is 0 Å². The average molecular weight is 295 g/mol. The van der Waals surface area contributed by atoms with Gasteiger partial charge in [-0.3, -0.25) is 0 Å². The van der Waals surface area contributed by atoms with E-state index in [2.05, 4.69) is 29.3 Å². The molecular formula is C15H25N3OS. The number of piperidine rings is 1. The number of nitrogens with zero attached hydrogens (tertiary/aromatic N) is 2. The SMILES string of the molecule is CC(C)SCc1noc(C2CCC3CCCCC3N2)n1. The molecule has 1 aromatic rings. The van der Waals surface area contributed by atoms with Crippen LogP contribution in [0.25, 0.3) is 0 Å². The molecule has 5 heteroatoms. The summed E-state index contributed by atoms with van der Waals surface area (Å²) in [5, 5.41) is 8.47. The van der Waals surface area contributed by atoms with Gasteiger partial charge in [-0.05, 0) is 36.9 Å². The first-order chi connectivity index (χ1) is 9.72. The minimum absolute atomic E-state index is 0.277. The lowest BCUT2D eigenvalue weighted by molar-refractivity contribution is 0.158. The molecule has 0 bridgehead atoms. The van der Waals surface area contributed by atoms with Crippen LogP contribution in [0.1, 0.15) is 70.1 Å².